The number of esters is 1. The van der Waals surface area contributed by atoms with Crippen molar-refractivity contribution in [3.63, 3.8) is 0 Å². The summed E-state index contributed by atoms with van der Waals surface area (Å²) < 4.78 is 4.78. The Morgan fingerprint density at radius 1 is 1.41 bits per heavy atom. The zero-order chi connectivity index (χ0) is 15.7. The number of ether oxygens (including phenoxy) is 1. The second kappa shape index (κ2) is 5.91. The summed E-state index contributed by atoms with van der Waals surface area (Å²) in [6.45, 7) is 3.30. The van der Waals surface area contributed by atoms with Crippen molar-refractivity contribution in [3.8, 4) is 0 Å². The summed E-state index contributed by atoms with van der Waals surface area (Å²) in [5.74, 6) is -0.816. The Morgan fingerprint density at radius 2 is 2.18 bits per heavy atom. The minimum Gasteiger partial charge on any atom is -0.469 e. The maximum Gasteiger partial charge on any atom is 0.306 e. The Balaban J connectivity index is 2.07. The molecule has 0 bridgehead atoms. The standard InChI is InChI=1S/C17H20N2O3/c1-3-19-9-8-12-11-6-4-5-7-14(11)18-16(12)13(17(19)21)10-15(20)22-2/h4-7,13,16H,3,8-10H2,1-2H3. The second-order valence-corrected chi connectivity index (χ2v) is 5.67. The molecule has 116 valence electrons. The number of fused-ring (bicyclic) bond motifs is 2. The molecule has 1 saturated heterocycles. The molecule has 1 amide bonds. The lowest BCUT2D eigenvalue weighted by Gasteiger charge is -2.24. The van der Waals surface area contributed by atoms with Crippen LogP contribution in [0.15, 0.2) is 29.3 Å². The maximum absolute atomic E-state index is 12.8. The van der Waals surface area contributed by atoms with E-state index in [1.807, 2.05) is 30.0 Å². The van der Waals surface area contributed by atoms with Gasteiger partial charge < -0.3 is 9.64 Å². The first-order chi connectivity index (χ1) is 10.7. The largest absolute Gasteiger partial charge is 0.469 e. The summed E-state index contributed by atoms with van der Waals surface area (Å²) in [5, 5.41) is 2.04. The second-order valence-electron chi connectivity index (χ2n) is 5.67. The zero-order valence-electron chi connectivity index (χ0n) is 12.9. The van der Waals surface area contributed by atoms with Crippen LogP contribution < -0.4 is 10.6 Å². The van der Waals surface area contributed by atoms with Gasteiger partial charge in [0.2, 0.25) is 5.91 Å². The van der Waals surface area contributed by atoms with E-state index in [2.05, 4.69) is 6.07 Å². The topological polar surface area (TPSA) is 59.0 Å². The van der Waals surface area contributed by atoms with Crippen LogP contribution in [0.2, 0.25) is 0 Å². The molecular formula is C17H20N2O3. The Hall–Kier alpha value is -2.17. The first-order valence-electron chi connectivity index (χ1n) is 7.67. The summed E-state index contributed by atoms with van der Waals surface area (Å²) in [6.07, 6.45) is 0.889. The molecule has 3 rings (SSSR count). The summed E-state index contributed by atoms with van der Waals surface area (Å²) in [4.78, 5) is 31.1. The monoisotopic (exact) mass is 300 g/mol. The molecule has 2 unspecified atom stereocenters. The van der Waals surface area contributed by atoms with Gasteiger partial charge in [0, 0.05) is 18.3 Å². The van der Waals surface area contributed by atoms with Gasteiger partial charge in [-0.3, -0.25) is 14.6 Å². The van der Waals surface area contributed by atoms with Gasteiger partial charge in [-0.15, -0.1) is 0 Å². The van der Waals surface area contributed by atoms with Gasteiger partial charge in [-0.25, -0.2) is 0 Å². The molecule has 0 spiro atoms. The number of rotatable bonds is 3. The van der Waals surface area contributed by atoms with Crippen molar-refractivity contribution in [1.82, 2.24) is 4.90 Å². The Morgan fingerprint density at radius 3 is 2.91 bits per heavy atom. The number of benzene rings is 1. The van der Waals surface area contributed by atoms with Gasteiger partial charge in [-0.1, -0.05) is 18.2 Å². The van der Waals surface area contributed by atoms with Gasteiger partial charge in [0.05, 0.1) is 30.8 Å². The fourth-order valence-electron chi connectivity index (χ4n) is 3.37. The van der Waals surface area contributed by atoms with Crippen LogP contribution in [0, 0.1) is 5.92 Å². The highest BCUT2D eigenvalue weighted by atomic mass is 16.5. The molecule has 1 fully saturated rings. The SMILES string of the molecule is CCN1CCC2=c3ccccc3=NC2C(CC(=O)OC)C1=O. The number of carbonyl (C=O) groups is 2. The molecule has 2 aliphatic rings. The summed E-state index contributed by atoms with van der Waals surface area (Å²) in [5.41, 5.74) is 1.17. The number of nitrogens with zero attached hydrogens (tertiary/aromatic N) is 2. The number of likely N-dealkylation sites (tertiary alicyclic amines) is 1. The first kappa shape index (κ1) is 14.8. The van der Waals surface area contributed by atoms with E-state index in [9.17, 15) is 9.59 Å². The van der Waals surface area contributed by atoms with Crippen LogP contribution in [0.3, 0.4) is 0 Å². The summed E-state index contributed by atoms with van der Waals surface area (Å²) >= 11 is 0. The van der Waals surface area contributed by atoms with E-state index in [0.29, 0.717) is 13.1 Å². The third-order valence-corrected chi connectivity index (χ3v) is 4.54. The van der Waals surface area contributed by atoms with Gasteiger partial charge >= 0.3 is 5.97 Å². The molecule has 0 aromatic heterocycles. The van der Waals surface area contributed by atoms with Crippen molar-refractivity contribution in [2.75, 3.05) is 20.2 Å². The predicted molar refractivity (Wildman–Crippen MR) is 81.4 cm³/mol. The van der Waals surface area contributed by atoms with E-state index in [-0.39, 0.29) is 24.3 Å². The van der Waals surface area contributed by atoms with Gasteiger partial charge in [0.25, 0.3) is 0 Å². The van der Waals surface area contributed by atoms with E-state index in [1.165, 1.54) is 12.7 Å². The van der Waals surface area contributed by atoms with Crippen molar-refractivity contribution in [1.29, 1.82) is 0 Å². The first-order valence-corrected chi connectivity index (χ1v) is 7.67. The molecule has 2 heterocycles. The number of methoxy groups -OCH3 is 1. The molecule has 0 saturated carbocycles. The van der Waals surface area contributed by atoms with Crippen LogP contribution in [0.1, 0.15) is 19.8 Å². The fourth-order valence-corrected chi connectivity index (χ4v) is 3.37. The zero-order valence-corrected chi connectivity index (χ0v) is 12.9. The third-order valence-electron chi connectivity index (χ3n) is 4.54. The molecule has 2 aliphatic heterocycles. The number of para-hydroxylation sites is 1. The van der Waals surface area contributed by atoms with E-state index >= 15 is 0 Å². The average molecular weight is 300 g/mol. The lowest BCUT2D eigenvalue weighted by Crippen LogP contribution is -2.39. The normalized spacial score (nSPS) is 23.5. The minimum absolute atomic E-state index is 0.00413. The Labute approximate surface area is 129 Å². The Bertz CT molecular complexity index is 726. The molecule has 5 nitrogen and oxygen atoms in total. The predicted octanol–water partition coefficient (Wildman–Crippen LogP) is 0.271. The minimum atomic E-state index is -0.461. The molecule has 1 aromatic carbocycles. The third kappa shape index (κ3) is 2.40. The maximum atomic E-state index is 12.8. The number of amides is 1. The van der Waals surface area contributed by atoms with Crippen LogP contribution in [0.5, 0.6) is 0 Å². The molecular weight excluding hydrogens is 280 g/mol. The van der Waals surface area contributed by atoms with E-state index in [1.54, 1.807) is 0 Å². The van der Waals surface area contributed by atoms with Crippen molar-refractivity contribution >= 4 is 17.4 Å². The van der Waals surface area contributed by atoms with Crippen LogP contribution in [-0.4, -0.2) is 43.0 Å². The molecule has 5 heteroatoms. The average Bonchev–Trinajstić information content (AvgIpc) is 2.85. The Kier molecular flexibility index (Phi) is 3.96. The lowest BCUT2D eigenvalue weighted by molar-refractivity contribution is -0.146. The quantitative estimate of drug-likeness (QED) is 0.753. The highest BCUT2D eigenvalue weighted by Crippen LogP contribution is 2.29. The van der Waals surface area contributed by atoms with Gasteiger partial charge in [-0.05, 0) is 25.0 Å². The van der Waals surface area contributed by atoms with Crippen molar-refractivity contribution in [3.05, 3.63) is 34.8 Å². The summed E-state index contributed by atoms with van der Waals surface area (Å²) in [6, 6.07) is 7.72. The van der Waals surface area contributed by atoms with Crippen molar-refractivity contribution in [2.45, 2.75) is 25.8 Å². The lowest BCUT2D eigenvalue weighted by atomic mass is 9.90. The van der Waals surface area contributed by atoms with E-state index in [0.717, 1.165) is 17.0 Å². The molecule has 1 aromatic rings. The fraction of sp³-hybridized carbons (Fsp3) is 0.471. The van der Waals surface area contributed by atoms with Crippen LogP contribution in [0.4, 0.5) is 0 Å². The van der Waals surface area contributed by atoms with Crippen molar-refractivity contribution in [2.24, 2.45) is 10.9 Å². The van der Waals surface area contributed by atoms with Crippen LogP contribution >= 0.6 is 0 Å². The molecule has 0 radical (unpaired) electrons. The molecule has 0 aliphatic carbocycles. The van der Waals surface area contributed by atoms with Crippen LogP contribution in [0.25, 0.3) is 5.57 Å². The highest BCUT2D eigenvalue weighted by Gasteiger charge is 2.39. The van der Waals surface area contributed by atoms with Crippen LogP contribution in [-0.2, 0) is 14.3 Å². The summed E-state index contributed by atoms with van der Waals surface area (Å²) in [7, 11) is 1.35. The van der Waals surface area contributed by atoms with Gasteiger partial charge in [0.15, 0.2) is 0 Å². The van der Waals surface area contributed by atoms with E-state index in [4.69, 9.17) is 9.73 Å². The van der Waals surface area contributed by atoms with Gasteiger partial charge in [-0.2, -0.15) is 0 Å². The smallest absolute Gasteiger partial charge is 0.306 e. The number of hydrogen-bond donors (Lipinski definition) is 0. The molecule has 2 atom stereocenters. The number of carbonyl (C=O) groups excluding carboxylic acids is 2. The highest BCUT2D eigenvalue weighted by molar-refractivity contribution is 5.87. The number of hydrogen-bond acceptors (Lipinski definition) is 4. The molecule has 0 N–H and O–H groups in total. The van der Waals surface area contributed by atoms with Crippen molar-refractivity contribution < 1.29 is 14.3 Å². The van der Waals surface area contributed by atoms with E-state index < -0.39 is 5.92 Å². The molecule has 22 heavy (non-hydrogen) atoms. The van der Waals surface area contributed by atoms with Gasteiger partial charge in [0.1, 0.15) is 0 Å².